The van der Waals surface area contributed by atoms with Crippen LogP contribution in [0.25, 0.3) is 0 Å². The Morgan fingerprint density at radius 1 is 1.40 bits per heavy atom. The first kappa shape index (κ1) is 12.8. The Balaban J connectivity index is 1.96. The van der Waals surface area contributed by atoms with E-state index in [0.717, 1.165) is 18.7 Å². The molecule has 6 nitrogen and oxygen atoms in total. The lowest BCUT2D eigenvalue weighted by Gasteiger charge is -2.18. The topological polar surface area (TPSA) is 80.9 Å². The molecule has 0 saturated heterocycles. The number of hydrogen-bond donors (Lipinski definition) is 1. The number of carbonyl (C=O) groups is 1. The molecule has 3 rings (SSSR count). The van der Waals surface area contributed by atoms with Crippen molar-refractivity contribution in [3.05, 3.63) is 41.7 Å². The SMILES string of the molecule is CC(CC(=O)O)n1nnnc1C1(c2ccccc2)CC1. The largest absolute Gasteiger partial charge is 0.481 e. The Morgan fingerprint density at radius 2 is 2.10 bits per heavy atom. The summed E-state index contributed by atoms with van der Waals surface area (Å²) in [7, 11) is 0. The zero-order valence-corrected chi connectivity index (χ0v) is 11.2. The number of carboxylic acid groups (broad SMARTS) is 1. The minimum absolute atomic E-state index is 0.0168. The molecule has 1 aliphatic carbocycles. The summed E-state index contributed by atoms with van der Waals surface area (Å²) in [4.78, 5) is 10.9. The van der Waals surface area contributed by atoms with Gasteiger partial charge in [0.15, 0.2) is 5.82 Å². The van der Waals surface area contributed by atoms with Gasteiger partial charge in [-0.1, -0.05) is 30.3 Å². The Morgan fingerprint density at radius 3 is 2.70 bits per heavy atom. The van der Waals surface area contributed by atoms with Gasteiger partial charge >= 0.3 is 5.97 Å². The van der Waals surface area contributed by atoms with Crippen LogP contribution in [0.3, 0.4) is 0 Å². The van der Waals surface area contributed by atoms with Crippen LogP contribution >= 0.6 is 0 Å². The average molecular weight is 272 g/mol. The Kier molecular flexibility index (Phi) is 3.00. The first-order valence-corrected chi connectivity index (χ1v) is 6.69. The van der Waals surface area contributed by atoms with Crippen molar-refractivity contribution in [2.75, 3.05) is 0 Å². The average Bonchev–Trinajstić information content (AvgIpc) is 3.09. The molecule has 2 aromatic rings. The fraction of sp³-hybridized carbons (Fsp3) is 0.429. The lowest BCUT2D eigenvalue weighted by molar-refractivity contribution is -0.137. The maximum Gasteiger partial charge on any atom is 0.305 e. The molecular weight excluding hydrogens is 256 g/mol. The smallest absolute Gasteiger partial charge is 0.305 e. The number of aliphatic carboxylic acids is 1. The number of tetrazole rings is 1. The second-order valence-corrected chi connectivity index (χ2v) is 5.34. The van der Waals surface area contributed by atoms with E-state index in [1.807, 2.05) is 25.1 Å². The molecule has 0 spiro atoms. The number of benzene rings is 1. The molecule has 0 aliphatic heterocycles. The predicted octanol–water partition coefficient (Wildman–Crippen LogP) is 1.79. The summed E-state index contributed by atoms with van der Waals surface area (Å²) in [5.74, 6) is -0.0686. The summed E-state index contributed by atoms with van der Waals surface area (Å²) < 4.78 is 1.66. The summed E-state index contributed by atoms with van der Waals surface area (Å²) in [6.45, 7) is 1.83. The molecule has 20 heavy (non-hydrogen) atoms. The lowest BCUT2D eigenvalue weighted by atomic mass is 9.95. The molecule has 1 unspecified atom stereocenters. The van der Waals surface area contributed by atoms with Crippen molar-refractivity contribution in [3.63, 3.8) is 0 Å². The van der Waals surface area contributed by atoms with E-state index >= 15 is 0 Å². The molecule has 0 bridgehead atoms. The highest BCUT2D eigenvalue weighted by Gasteiger charge is 2.50. The molecule has 6 heteroatoms. The molecule has 1 saturated carbocycles. The van der Waals surface area contributed by atoms with Crippen molar-refractivity contribution in [1.82, 2.24) is 20.2 Å². The Labute approximate surface area is 116 Å². The molecule has 1 aliphatic rings. The first-order valence-electron chi connectivity index (χ1n) is 6.69. The van der Waals surface area contributed by atoms with Crippen molar-refractivity contribution in [2.45, 2.75) is 37.6 Å². The van der Waals surface area contributed by atoms with Crippen LogP contribution in [0.15, 0.2) is 30.3 Å². The van der Waals surface area contributed by atoms with Crippen molar-refractivity contribution >= 4 is 5.97 Å². The van der Waals surface area contributed by atoms with E-state index in [4.69, 9.17) is 5.11 Å². The third-order valence-electron chi connectivity index (χ3n) is 3.88. The second kappa shape index (κ2) is 4.70. The molecule has 0 radical (unpaired) electrons. The van der Waals surface area contributed by atoms with Gasteiger partial charge in [-0.25, -0.2) is 4.68 Å². The van der Waals surface area contributed by atoms with E-state index in [-0.39, 0.29) is 17.9 Å². The zero-order valence-electron chi connectivity index (χ0n) is 11.2. The van der Waals surface area contributed by atoms with Gasteiger partial charge in [-0.05, 0) is 35.8 Å². The van der Waals surface area contributed by atoms with Crippen LogP contribution in [-0.4, -0.2) is 31.3 Å². The summed E-state index contributed by atoms with van der Waals surface area (Å²) >= 11 is 0. The van der Waals surface area contributed by atoms with Crippen molar-refractivity contribution in [3.8, 4) is 0 Å². The molecular formula is C14H16N4O2. The van der Waals surface area contributed by atoms with E-state index in [9.17, 15) is 4.79 Å². The van der Waals surface area contributed by atoms with Gasteiger partial charge in [0.05, 0.1) is 17.9 Å². The van der Waals surface area contributed by atoms with E-state index in [1.54, 1.807) is 4.68 Å². The quantitative estimate of drug-likeness (QED) is 0.897. The van der Waals surface area contributed by atoms with E-state index < -0.39 is 5.97 Å². The van der Waals surface area contributed by atoms with E-state index in [1.165, 1.54) is 5.56 Å². The highest BCUT2D eigenvalue weighted by Crippen LogP contribution is 2.52. The van der Waals surface area contributed by atoms with E-state index in [2.05, 4.69) is 27.7 Å². The molecule has 1 atom stereocenters. The fourth-order valence-corrected chi connectivity index (χ4v) is 2.67. The number of carboxylic acids is 1. The molecule has 1 aromatic heterocycles. The minimum Gasteiger partial charge on any atom is -0.481 e. The fourth-order valence-electron chi connectivity index (χ4n) is 2.67. The predicted molar refractivity (Wildman–Crippen MR) is 71.2 cm³/mol. The van der Waals surface area contributed by atoms with Crippen LogP contribution in [0, 0.1) is 0 Å². The van der Waals surface area contributed by atoms with Gasteiger partial charge in [0.1, 0.15) is 0 Å². The summed E-state index contributed by atoms with van der Waals surface area (Å²) in [6, 6.07) is 9.89. The lowest BCUT2D eigenvalue weighted by Crippen LogP contribution is -2.21. The van der Waals surface area contributed by atoms with Crippen LogP contribution in [0.2, 0.25) is 0 Å². The van der Waals surface area contributed by atoms with Gasteiger partial charge in [0.2, 0.25) is 0 Å². The van der Waals surface area contributed by atoms with Crippen molar-refractivity contribution in [2.24, 2.45) is 0 Å². The Bertz CT molecular complexity index is 619. The van der Waals surface area contributed by atoms with Gasteiger partial charge in [-0.3, -0.25) is 4.79 Å². The van der Waals surface area contributed by atoms with Crippen molar-refractivity contribution in [1.29, 1.82) is 0 Å². The van der Waals surface area contributed by atoms with Crippen LogP contribution in [0.1, 0.15) is 43.6 Å². The highest BCUT2D eigenvalue weighted by atomic mass is 16.4. The minimum atomic E-state index is -0.844. The number of hydrogen-bond acceptors (Lipinski definition) is 4. The highest BCUT2D eigenvalue weighted by molar-refractivity contribution is 5.67. The second-order valence-electron chi connectivity index (χ2n) is 5.34. The van der Waals surface area contributed by atoms with Gasteiger partial charge in [-0.15, -0.1) is 5.10 Å². The maximum absolute atomic E-state index is 10.9. The summed E-state index contributed by atoms with van der Waals surface area (Å²) in [6.07, 6.45) is 2.01. The molecule has 1 aromatic carbocycles. The van der Waals surface area contributed by atoms with Crippen LogP contribution in [-0.2, 0) is 10.2 Å². The van der Waals surface area contributed by atoms with Gasteiger partial charge in [0.25, 0.3) is 0 Å². The third-order valence-corrected chi connectivity index (χ3v) is 3.88. The van der Waals surface area contributed by atoms with Gasteiger partial charge in [-0.2, -0.15) is 0 Å². The van der Waals surface area contributed by atoms with E-state index in [0.29, 0.717) is 0 Å². The normalized spacial score (nSPS) is 17.6. The van der Waals surface area contributed by atoms with Gasteiger partial charge < -0.3 is 5.11 Å². The number of aromatic nitrogens is 4. The first-order chi connectivity index (χ1) is 9.63. The monoisotopic (exact) mass is 272 g/mol. The van der Waals surface area contributed by atoms with Crippen LogP contribution < -0.4 is 0 Å². The molecule has 1 fully saturated rings. The molecule has 1 N–H and O–H groups in total. The number of nitrogens with zero attached hydrogens (tertiary/aromatic N) is 4. The molecule has 104 valence electrons. The van der Waals surface area contributed by atoms with Crippen LogP contribution in [0.5, 0.6) is 0 Å². The molecule has 0 amide bonds. The van der Waals surface area contributed by atoms with Gasteiger partial charge in [0, 0.05) is 0 Å². The summed E-state index contributed by atoms with van der Waals surface area (Å²) in [5.41, 5.74) is 1.05. The third kappa shape index (κ3) is 2.07. The maximum atomic E-state index is 10.9. The Hall–Kier alpha value is -2.24. The van der Waals surface area contributed by atoms with Crippen LogP contribution in [0.4, 0.5) is 0 Å². The van der Waals surface area contributed by atoms with Crippen molar-refractivity contribution < 1.29 is 9.90 Å². The standard InChI is InChI=1S/C14H16N4O2/c1-10(9-12(19)20)18-13(15-16-17-18)14(7-8-14)11-5-3-2-4-6-11/h2-6,10H,7-9H2,1H3,(H,19,20). The number of rotatable bonds is 5. The zero-order chi connectivity index (χ0) is 14.2. The molecule has 1 heterocycles. The summed E-state index contributed by atoms with van der Waals surface area (Å²) in [5, 5.41) is 20.8.